The fraction of sp³-hybridized carbons (Fsp3) is 0.500. The van der Waals surface area contributed by atoms with Crippen LogP contribution in [0.4, 0.5) is 11.6 Å². The molecule has 4 N–H and O–H groups in total. The van der Waals surface area contributed by atoms with Gasteiger partial charge < -0.3 is 20.9 Å². The van der Waals surface area contributed by atoms with Crippen molar-refractivity contribution in [2.24, 2.45) is 0 Å². The Hall–Kier alpha value is -1.49. The predicted molar refractivity (Wildman–Crippen MR) is 57.5 cm³/mol. The summed E-state index contributed by atoms with van der Waals surface area (Å²) in [5, 5.41) is 0. The van der Waals surface area contributed by atoms with E-state index >= 15 is 0 Å². The standard InChI is InChI=1S/C10H15N3O2/c11-9-2-1-8(10(12)13-9)15-7-3-5-14-6-4-7/h1-2,7H,3-6H2,(H4,11,12,13). The second-order valence-corrected chi connectivity index (χ2v) is 3.55. The number of hydrogen-bond donors (Lipinski definition) is 2. The van der Waals surface area contributed by atoms with Gasteiger partial charge in [0.15, 0.2) is 11.6 Å². The van der Waals surface area contributed by atoms with Crippen LogP contribution in [0.25, 0.3) is 0 Å². The summed E-state index contributed by atoms with van der Waals surface area (Å²) in [4.78, 5) is 3.94. The zero-order valence-corrected chi connectivity index (χ0v) is 8.48. The van der Waals surface area contributed by atoms with Crippen LogP contribution in [0.3, 0.4) is 0 Å². The van der Waals surface area contributed by atoms with Crippen LogP contribution in [-0.4, -0.2) is 24.3 Å². The molecule has 0 atom stereocenters. The zero-order valence-electron chi connectivity index (χ0n) is 8.48. The van der Waals surface area contributed by atoms with Gasteiger partial charge in [-0.05, 0) is 12.1 Å². The van der Waals surface area contributed by atoms with Crippen LogP contribution < -0.4 is 16.2 Å². The minimum Gasteiger partial charge on any atom is -0.486 e. The Morgan fingerprint density at radius 3 is 2.67 bits per heavy atom. The predicted octanol–water partition coefficient (Wildman–Crippen LogP) is 0.804. The monoisotopic (exact) mass is 209 g/mol. The molecule has 2 rings (SSSR count). The lowest BCUT2D eigenvalue weighted by atomic mass is 10.1. The molecule has 2 heterocycles. The van der Waals surface area contributed by atoms with Crippen molar-refractivity contribution < 1.29 is 9.47 Å². The van der Waals surface area contributed by atoms with Crippen LogP contribution in [0, 0.1) is 0 Å². The van der Waals surface area contributed by atoms with E-state index in [4.69, 9.17) is 20.9 Å². The maximum atomic E-state index is 5.72. The Kier molecular flexibility index (Phi) is 2.91. The van der Waals surface area contributed by atoms with Crippen LogP contribution in [-0.2, 0) is 4.74 Å². The summed E-state index contributed by atoms with van der Waals surface area (Å²) in [5.41, 5.74) is 11.2. The van der Waals surface area contributed by atoms with Gasteiger partial charge in [0, 0.05) is 12.8 Å². The van der Waals surface area contributed by atoms with Crippen molar-refractivity contribution in [2.75, 3.05) is 24.7 Å². The summed E-state index contributed by atoms with van der Waals surface area (Å²) < 4.78 is 11.0. The molecule has 0 radical (unpaired) electrons. The second-order valence-electron chi connectivity index (χ2n) is 3.55. The molecule has 15 heavy (non-hydrogen) atoms. The lowest BCUT2D eigenvalue weighted by Crippen LogP contribution is -2.26. The number of hydrogen-bond acceptors (Lipinski definition) is 5. The second kappa shape index (κ2) is 4.35. The van der Waals surface area contributed by atoms with Gasteiger partial charge in [-0.25, -0.2) is 4.98 Å². The van der Waals surface area contributed by atoms with E-state index in [1.165, 1.54) is 0 Å². The Balaban J connectivity index is 2.03. The van der Waals surface area contributed by atoms with Crippen molar-refractivity contribution in [1.29, 1.82) is 0 Å². The van der Waals surface area contributed by atoms with Gasteiger partial charge in [-0.2, -0.15) is 0 Å². The molecule has 1 aromatic heterocycles. The van der Waals surface area contributed by atoms with Gasteiger partial charge in [-0.15, -0.1) is 0 Å². The molecule has 0 unspecified atom stereocenters. The van der Waals surface area contributed by atoms with E-state index in [0.717, 1.165) is 26.1 Å². The van der Waals surface area contributed by atoms with Crippen molar-refractivity contribution in [1.82, 2.24) is 4.98 Å². The molecule has 1 aromatic rings. The van der Waals surface area contributed by atoms with Crippen LogP contribution in [0.2, 0.25) is 0 Å². The quantitative estimate of drug-likeness (QED) is 0.752. The first kappa shape index (κ1) is 10.0. The normalized spacial score (nSPS) is 17.6. The Labute approximate surface area is 88.4 Å². The van der Waals surface area contributed by atoms with E-state index in [-0.39, 0.29) is 6.10 Å². The number of aromatic nitrogens is 1. The minimum atomic E-state index is 0.173. The summed E-state index contributed by atoms with van der Waals surface area (Å²) >= 11 is 0. The molecular formula is C10H15N3O2. The Morgan fingerprint density at radius 1 is 1.27 bits per heavy atom. The molecule has 0 aromatic carbocycles. The number of nitrogens with two attached hydrogens (primary N) is 2. The van der Waals surface area contributed by atoms with Crippen LogP contribution in [0.5, 0.6) is 5.75 Å². The highest BCUT2D eigenvalue weighted by Crippen LogP contribution is 2.23. The molecule has 5 nitrogen and oxygen atoms in total. The number of ether oxygens (including phenoxy) is 2. The van der Waals surface area contributed by atoms with Gasteiger partial charge in [-0.3, -0.25) is 0 Å². The van der Waals surface area contributed by atoms with E-state index in [9.17, 15) is 0 Å². The SMILES string of the molecule is Nc1ccc(OC2CCOCC2)c(N)n1. The third kappa shape index (κ3) is 2.50. The van der Waals surface area contributed by atoms with Gasteiger partial charge in [0.2, 0.25) is 0 Å². The average Bonchev–Trinajstić information content (AvgIpc) is 2.24. The van der Waals surface area contributed by atoms with E-state index in [1.807, 2.05) is 0 Å². The number of nitrogen functional groups attached to an aromatic ring is 2. The minimum absolute atomic E-state index is 0.173. The molecule has 0 aliphatic carbocycles. The lowest BCUT2D eigenvalue weighted by molar-refractivity contribution is 0.0257. The molecule has 1 fully saturated rings. The highest BCUT2D eigenvalue weighted by Gasteiger charge is 2.16. The third-order valence-electron chi connectivity index (χ3n) is 2.37. The van der Waals surface area contributed by atoms with Crippen molar-refractivity contribution in [2.45, 2.75) is 18.9 Å². The fourth-order valence-corrected chi connectivity index (χ4v) is 1.55. The fourth-order valence-electron chi connectivity index (χ4n) is 1.55. The lowest BCUT2D eigenvalue weighted by Gasteiger charge is -2.23. The maximum Gasteiger partial charge on any atom is 0.168 e. The maximum absolute atomic E-state index is 5.72. The summed E-state index contributed by atoms with van der Waals surface area (Å²) in [6.07, 6.45) is 1.96. The zero-order chi connectivity index (χ0) is 10.7. The van der Waals surface area contributed by atoms with Gasteiger partial charge >= 0.3 is 0 Å². The topological polar surface area (TPSA) is 83.4 Å². The van der Waals surface area contributed by atoms with Crippen LogP contribution >= 0.6 is 0 Å². The van der Waals surface area contributed by atoms with Crippen molar-refractivity contribution in [3.05, 3.63) is 12.1 Å². The Morgan fingerprint density at radius 2 is 2.00 bits per heavy atom. The van der Waals surface area contributed by atoms with Crippen LogP contribution in [0.1, 0.15) is 12.8 Å². The van der Waals surface area contributed by atoms with Crippen LogP contribution in [0.15, 0.2) is 12.1 Å². The van der Waals surface area contributed by atoms with Crippen molar-refractivity contribution in [3.63, 3.8) is 0 Å². The number of anilines is 2. The Bertz CT molecular complexity index is 337. The summed E-state index contributed by atoms with van der Waals surface area (Å²) in [6.45, 7) is 1.49. The summed E-state index contributed by atoms with van der Waals surface area (Å²) in [7, 11) is 0. The number of pyridine rings is 1. The summed E-state index contributed by atoms with van der Waals surface area (Å²) in [5.74, 6) is 1.37. The first-order chi connectivity index (χ1) is 7.25. The van der Waals surface area contributed by atoms with E-state index in [1.54, 1.807) is 12.1 Å². The molecule has 1 aliphatic heterocycles. The van der Waals surface area contributed by atoms with E-state index in [2.05, 4.69) is 4.98 Å². The largest absolute Gasteiger partial charge is 0.486 e. The molecule has 1 aliphatic rings. The van der Waals surface area contributed by atoms with E-state index in [0.29, 0.717) is 17.4 Å². The molecule has 0 saturated carbocycles. The average molecular weight is 209 g/mol. The number of nitrogens with zero attached hydrogens (tertiary/aromatic N) is 1. The third-order valence-corrected chi connectivity index (χ3v) is 2.37. The van der Waals surface area contributed by atoms with Gasteiger partial charge in [0.05, 0.1) is 13.2 Å². The molecule has 0 bridgehead atoms. The highest BCUT2D eigenvalue weighted by atomic mass is 16.5. The van der Waals surface area contributed by atoms with Gasteiger partial charge in [0.1, 0.15) is 11.9 Å². The van der Waals surface area contributed by atoms with E-state index < -0.39 is 0 Å². The number of rotatable bonds is 2. The first-order valence-electron chi connectivity index (χ1n) is 5.02. The van der Waals surface area contributed by atoms with Gasteiger partial charge in [-0.1, -0.05) is 0 Å². The molecule has 0 amide bonds. The molecule has 5 heteroatoms. The smallest absolute Gasteiger partial charge is 0.168 e. The molecular weight excluding hydrogens is 194 g/mol. The van der Waals surface area contributed by atoms with Crippen molar-refractivity contribution >= 4 is 11.6 Å². The first-order valence-corrected chi connectivity index (χ1v) is 5.02. The molecule has 82 valence electrons. The highest BCUT2D eigenvalue weighted by molar-refractivity contribution is 5.50. The molecule has 1 saturated heterocycles. The van der Waals surface area contributed by atoms with Crippen molar-refractivity contribution in [3.8, 4) is 5.75 Å². The summed E-state index contributed by atoms with van der Waals surface area (Å²) in [6, 6.07) is 3.44. The van der Waals surface area contributed by atoms with Gasteiger partial charge in [0.25, 0.3) is 0 Å². The molecule has 0 spiro atoms.